The zero-order chi connectivity index (χ0) is 18.7. The average molecular weight is 379 g/mol. The lowest BCUT2D eigenvalue weighted by Crippen LogP contribution is -2.34. The summed E-state index contributed by atoms with van der Waals surface area (Å²) in [7, 11) is -0.255. The summed E-state index contributed by atoms with van der Waals surface area (Å²) in [5, 5.41) is 11.4. The molecule has 1 amide bonds. The number of amides is 1. The SMILES string of the molecule is CNC(=O)c1cc(Cl)cc(S(=O)(=O)N(C)CC(C)C(=O)O)c1OC. The van der Waals surface area contributed by atoms with Gasteiger partial charge in [0.1, 0.15) is 4.90 Å². The minimum atomic E-state index is -4.12. The number of carboxylic acids is 1. The summed E-state index contributed by atoms with van der Waals surface area (Å²) < 4.78 is 31.5. The van der Waals surface area contributed by atoms with Crippen LogP contribution in [0.4, 0.5) is 0 Å². The summed E-state index contributed by atoms with van der Waals surface area (Å²) in [6.07, 6.45) is 0. The molecule has 8 nitrogen and oxygen atoms in total. The van der Waals surface area contributed by atoms with Gasteiger partial charge in [-0.2, -0.15) is 4.31 Å². The predicted octanol–water partition coefficient (Wildman–Crippen LogP) is 1.05. The molecule has 0 fully saturated rings. The smallest absolute Gasteiger partial charge is 0.307 e. The van der Waals surface area contributed by atoms with Crippen LogP contribution in [0.3, 0.4) is 0 Å². The van der Waals surface area contributed by atoms with Gasteiger partial charge in [-0.25, -0.2) is 8.42 Å². The zero-order valence-corrected chi connectivity index (χ0v) is 15.2. The number of halogens is 1. The van der Waals surface area contributed by atoms with Gasteiger partial charge < -0.3 is 15.2 Å². The Hall–Kier alpha value is -1.84. The molecule has 1 atom stereocenters. The van der Waals surface area contributed by atoms with Crippen LogP contribution in [0, 0.1) is 5.92 Å². The Labute approximate surface area is 145 Å². The number of sulfonamides is 1. The highest BCUT2D eigenvalue weighted by atomic mass is 35.5. The van der Waals surface area contributed by atoms with E-state index in [1.807, 2.05) is 0 Å². The fourth-order valence-electron chi connectivity index (χ4n) is 2.00. The largest absolute Gasteiger partial charge is 0.494 e. The maximum absolute atomic E-state index is 12.7. The highest BCUT2D eigenvalue weighted by Gasteiger charge is 2.30. The van der Waals surface area contributed by atoms with E-state index in [2.05, 4.69) is 5.32 Å². The van der Waals surface area contributed by atoms with Gasteiger partial charge in [0, 0.05) is 25.7 Å². The first-order chi connectivity index (χ1) is 11.1. The van der Waals surface area contributed by atoms with Crippen LogP contribution in [0.15, 0.2) is 17.0 Å². The van der Waals surface area contributed by atoms with Crippen LogP contribution >= 0.6 is 11.6 Å². The number of ether oxygens (including phenoxy) is 1. The average Bonchev–Trinajstić information content (AvgIpc) is 2.52. The molecule has 0 saturated heterocycles. The number of nitrogens with one attached hydrogen (secondary N) is 1. The molecule has 1 aromatic carbocycles. The van der Waals surface area contributed by atoms with Crippen molar-refractivity contribution in [2.45, 2.75) is 11.8 Å². The van der Waals surface area contributed by atoms with Gasteiger partial charge >= 0.3 is 5.97 Å². The number of aliphatic carboxylic acids is 1. The van der Waals surface area contributed by atoms with Gasteiger partial charge in [-0.1, -0.05) is 18.5 Å². The molecule has 0 aliphatic heterocycles. The maximum atomic E-state index is 12.7. The zero-order valence-electron chi connectivity index (χ0n) is 13.7. The van der Waals surface area contributed by atoms with Crippen molar-refractivity contribution >= 4 is 33.5 Å². The number of methoxy groups -OCH3 is 1. The Bertz CT molecular complexity index is 750. The highest BCUT2D eigenvalue weighted by molar-refractivity contribution is 7.89. The standard InChI is InChI=1S/C14H19ClN2O6S/c1-8(14(19)20)7-17(3)24(21,22)11-6-9(15)5-10(12(11)23-4)13(18)16-2/h5-6,8H,7H2,1-4H3,(H,16,18)(H,19,20). The first-order valence-corrected chi connectivity index (χ1v) is 8.66. The summed E-state index contributed by atoms with van der Waals surface area (Å²) in [6.45, 7) is 1.14. The normalized spacial score (nSPS) is 12.8. The molecule has 1 rings (SSSR count). The number of carboxylic acid groups (broad SMARTS) is 1. The third kappa shape index (κ3) is 4.16. The molecule has 2 N–H and O–H groups in total. The second-order valence-electron chi connectivity index (χ2n) is 5.09. The Morgan fingerprint density at radius 2 is 2.00 bits per heavy atom. The maximum Gasteiger partial charge on any atom is 0.307 e. The highest BCUT2D eigenvalue weighted by Crippen LogP contribution is 2.33. The van der Waals surface area contributed by atoms with Crippen LogP contribution < -0.4 is 10.1 Å². The summed E-state index contributed by atoms with van der Waals surface area (Å²) in [5.41, 5.74) is -0.0363. The van der Waals surface area contributed by atoms with Crippen molar-refractivity contribution in [2.75, 3.05) is 27.7 Å². The molecule has 10 heteroatoms. The van der Waals surface area contributed by atoms with Crippen LogP contribution in [0.25, 0.3) is 0 Å². The second kappa shape index (κ2) is 7.82. The first kappa shape index (κ1) is 20.2. The number of benzene rings is 1. The van der Waals surface area contributed by atoms with Gasteiger partial charge in [0.15, 0.2) is 5.75 Å². The van der Waals surface area contributed by atoms with Crippen LogP contribution in [0.1, 0.15) is 17.3 Å². The number of hydrogen-bond acceptors (Lipinski definition) is 5. The molecule has 0 aliphatic rings. The number of carbonyl (C=O) groups excluding carboxylic acids is 1. The molecule has 24 heavy (non-hydrogen) atoms. The number of hydrogen-bond donors (Lipinski definition) is 2. The quantitative estimate of drug-likeness (QED) is 0.733. The van der Waals surface area contributed by atoms with Crippen molar-refractivity contribution in [3.8, 4) is 5.75 Å². The van der Waals surface area contributed by atoms with E-state index in [4.69, 9.17) is 21.4 Å². The van der Waals surface area contributed by atoms with Gasteiger partial charge in [0.25, 0.3) is 5.91 Å². The monoisotopic (exact) mass is 378 g/mol. The molecule has 0 aromatic heterocycles. The van der Waals surface area contributed by atoms with Gasteiger partial charge in [-0.15, -0.1) is 0 Å². The third-order valence-electron chi connectivity index (χ3n) is 3.34. The lowest BCUT2D eigenvalue weighted by molar-refractivity contribution is -0.141. The number of nitrogens with zero attached hydrogens (tertiary/aromatic N) is 1. The van der Waals surface area contributed by atoms with Crippen LogP contribution in [0.2, 0.25) is 5.02 Å². The number of carbonyl (C=O) groups is 2. The first-order valence-electron chi connectivity index (χ1n) is 6.85. The van der Waals surface area contributed by atoms with Crippen molar-refractivity contribution in [2.24, 2.45) is 5.92 Å². The van der Waals surface area contributed by atoms with Crippen LogP contribution in [-0.2, 0) is 14.8 Å². The Morgan fingerprint density at radius 1 is 1.42 bits per heavy atom. The summed E-state index contributed by atoms with van der Waals surface area (Å²) in [4.78, 5) is 22.6. The molecule has 0 aliphatic carbocycles. The molecule has 1 aromatic rings. The summed E-state index contributed by atoms with van der Waals surface area (Å²) in [5.74, 6) is -2.75. The Kier molecular flexibility index (Phi) is 6.58. The molecule has 134 valence electrons. The fraction of sp³-hybridized carbons (Fsp3) is 0.429. The van der Waals surface area contributed by atoms with Gasteiger partial charge in [0.2, 0.25) is 10.0 Å². The molecule has 0 saturated carbocycles. The van der Waals surface area contributed by atoms with E-state index < -0.39 is 27.8 Å². The summed E-state index contributed by atoms with van der Waals surface area (Å²) in [6, 6.07) is 2.45. The minimum Gasteiger partial charge on any atom is -0.494 e. The van der Waals surface area contributed by atoms with Gasteiger partial charge in [-0.05, 0) is 12.1 Å². The van der Waals surface area contributed by atoms with Crippen LogP contribution in [-0.4, -0.2) is 57.5 Å². The second-order valence-corrected chi connectivity index (χ2v) is 7.54. The molecule has 0 radical (unpaired) electrons. The lowest BCUT2D eigenvalue weighted by atomic mass is 10.2. The van der Waals surface area contributed by atoms with Gasteiger partial charge in [0.05, 0.1) is 18.6 Å². The van der Waals surface area contributed by atoms with E-state index in [0.29, 0.717) is 0 Å². The minimum absolute atomic E-state index is 0.0349. The van der Waals surface area contributed by atoms with Gasteiger partial charge in [-0.3, -0.25) is 9.59 Å². The van der Waals surface area contributed by atoms with E-state index in [9.17, 15) is 18.0 Å². The van der Waals surface area contributed by atoms with E-state index in [1.54, 1.807) is 0 Å². The lowest BCUT2D eigenvalue weighted by Gasteiger charge is -2.21. The topological polar surface area (TPSA) is 113 Å². The van der Waals surface area contributed by atoms with E-state index in [-0.39, 0.29) is 27.8 Å². The molecular weight excluding hydrogens is 360 g/mol. The molecule has 0 heterocycles. The molecule has 1 unspecified atom stereocenters. The van der Waals surface area contributed by atoms with Crippen molar-refractivity contribution in [1.29, 1.82) is 0 Å². The fourth-order valence-corrected chi connectivity index (χ4v) is 3.75. The van der Waals surface area contributed by atoms with E-state index >= 15 is 0 Å². The number of rotatable bonds is 7. The Balaban J connectivity index is 3.45. The van der Waals surface area contributed by atoms with Crippen molar-refractivity contribution < 1.29 is 27.9 Å². The Morgan fingerprint density at radius 3 is 2.46 bits per heavy atom. The van der Waals surface area contributed by atoms with Crippen molar-refractivity contribution in [1.82, 2.24) is 9.62 Å². The van der Waals surface area contributed by atoms with Crippen molar-refractivity contribution in [3.63, 3.8) is 0 Å². The van der Waals surface area contributed by atoms with Crippen molar-refractivity contribution in [3.05, 3.63) is 22.7 Å². The predicted molar refractivity (Wildman–Crippen MR) is 88.0 cm³/mol. The van der Waals surface area contributed by atoms with E-state index in [1.165, 1.54) is 34.2 Å². The summed E-state index contributed by atoms with van der Waals surface area (Å²) >= 11 is 5.93. The molecule has 0 bridgehead atoms. The van der Waals surface area contributed by atoms with Crippen LogP contribution in [0.5, 0.6) is 5.75 Å². The van der Waals surface area contributed by atoms with E-state index in [0.717, 1.165) is 10.4 Å². The molecule has 0 spiro atoms. The molecular formula is C14H19ClN2O6S. The third-order valence-corrected chi connectivity index (χ3v) is 5.38.